The van der Waals surface area contributed by atoms with Crippen LogP contribution in [0, 0.1) is 11.3 Å². The Morgan fingerprint density at radius 2 is 2.00 bits per heavy atom. The minimum Gasteiger partial charge on any atom is -0.481 e. The van der Waals surface area contributed by atoms with Gasteiger partial charge >= 0.3 is 18.1 Å². The summed E-state index contributed by atoms with van der Waals surface area (Å²) in [5.41, 5.74) is 0.0540. The van der Waals surface area contributed by atoms with Gasteiger partial charge in [0.25, 0.3) is 0 Å². The molecule has 1 aromatic heterocycles. The Morgan fingerprint density at radius 3 is 2.33 bits per heavy atom. The number of hydrogen-bond acceptors (Lipinski definition) is 4. The standard InChI is InChI=1S/C12H17N3O2.C2HF3O2/c16-11(17)9-6-15(7-10-13-4-5-14-10)8-12(9)2-1-3-12;3-2(4,5)1(6)7/h4-5,9H,1-3,6-8H2,(H,13,14)(H,16,17);(H,6,7). The molecule has 1 aromatic rings. The maximum absolute atomic E-state index is 11.3. The number of aliphatic carboxylic acids is 2. The Kier molecular flexibility index (Phi) is 5.16. The molecule has 1 saturated carbocycles. The Balaban J connectivity index is 0.000000256. The number of alkyl halides is 3. The molecule has 0 aromatic carbocycles. The highest BCUT2D eigenvalue weighted by Crippen LogP contribution is 2.51. The first-order valence-corrected chi connectivity index (χ1v) is 7.37. The van der Waals surface area contributed by atoms with E-state index in [2.05, 4.69) is 14.9 Å². The average molecular weight is 349 g/mol. The second-order valence-electron chi connectivity index (χ2n) is 6.12. The van der Waals surface area contributed by atoms with Crippen LogP contribution in [0.1, 0.15) is 25.1 Å². The fraction of sp³-hybridized carbons (Fsp3) is 0.643. The van der Waals surface area contributed by atoms with Crippen molar-refractivity contribution < 1.29 is 33.0 Å². The fourth-order valence-corrected chi connectivity index (χ4v) is 3.27. The van der Waals surface area contributed by atoms with Crippen molar-refractivity contribution in [3.8, 4) is 0 Å². The van der Waals surface area contributed by atoms with Crippen LogP contribution in [0.5, 0.6) is 0 Å². The number of halogens is 3. The Morgan fingerprint density at radius 1 is 1.38 bits per heavy atom. The van der Waals surface area contributed by atoms with E-state index in [1.807, 2.05) is 0 Å². The third-order valence-corrected chi connectivity index (χ3v) is 4.54. The molecule has 10 heteroatoms. The second-order valence-corrected chi connectivity index (χ2v) is 6.12. The highest BCUT2D eigenvalue weighted by molar-refractivity contribution is 5.73. The van der Waals surface area contributed by atoms with E-state index in [9.17, 15) is 23.1 Å². The molecule has 1 unspecified atom stereocenters. The summed E-state index contributed by atoms with van der Waals surface area (Å²) < 4.78 is 31.7. The minimum absolute atomic E-state index is 0.0540. The van der Waals surface area contributed by atoms with Gasteiger partial charge in [-0.25, -0.2) is 9.78 Å². The van der Waals surface area contributed by atoms with Crippen molar-refractivity contribution in [1.82, 2.24) is 14.9 Å². The summed E-state index contributed by atoms with van der Waals surface area (Å²) in [6, 6.07) is 0. The number of carboxylic acid groups (broad SMARTS) is 2. The molecule has 1 aliphatic carbocycles. The van der Waals surface area contributed by atoms with Crippen LogP contribution in [0.4, 0.5) is 13.2 Å². The van der Waals surface area contributed by atoms with Gasteiger partial charge in [-0.1, -0.05) is 6.42 Å². The van der Waals surface area contributed by atoms with Crippen LogP contribution >= 0.6 is 0 Å². The lowest BCUT2D eigenvalue weighted by Crippen LogP contribution is -2.40. The Labute approximate surface area is 135 Å². The largest absolute Gasteiger partial charge is 0.490 e. The molecule has 3 rings (SSSR count). The highest BCUT2D eigenvalue weighted by Gasteiger charge is 2.53. The molecular formula is C14H18F3N3O4. The van der Waals surface area contributed by atoms with Gasteiger partial charge in [0.1, 0.15) is 5.82 Å². The van der Waals surface area contributed by atoms with Crippen LogP contribution in [0.3, 0.4) is 0 Å². The third-order valence-electron chi connectivity index (χ3n) is 4.54. The lowest BCUT2D eigenvalue weighted by molar-refractivity contribution is -0.192. The van der Waals surface area contributed by atoms with Gasteiger partial charge in [0.2, 0.25) is 0 Å². The summed E-state index contributed by atoms with van der Waals surface area (Å²) in [6.45, 7) is 2.30. The van der Waals surface area contributed by atoms with Crippen molar-refractivity contribution >= 4 is 11.9 Å². The maximum atomic E-state index is 11.3. The van der Waals surface area contributed by atoms with Crippen LogP contribution in [0.25, 0.3) is 0 Å². The number of imidazole rings is 1. The number of likely N-dealkylation sites (tertiary alicyclic amines) is 1. The zero-order valence-electron chi connectivity index (χ0n) is 12.7. The average Bonchev–Trinajstić information content (AvgIpc) is 3.05. The van der Waals surface area contributed by atoms with E-state index in [1.54, 1.807) is 12.4 Å². The summed E-state index contributed by atoms with van der Waals surface area (Å²) in [7, 11) is 0. The predicted molar refractivity (Wildman–Crippen MR) is 75.0 cm³/mol. The lowest BCUT2D eigenvalue weighted by atomic mass is 9.63. The van der Waals surface area contributed by atoms with Crippen LogP contribution in [-0.2, 0) is 16.1 Å². The molecule has 0 bridgehead atoms. The van der Waals surface area contributed by atoms with Gasteiger partial charge in [-0.2, -0.15) is 13.2 Å². The molecule has 0 amide bonds. The zero-order valence-corrected chi connectivity index (χ0v) is 12.7. The number of carbonyl (C=O) groups is 2. The van der Waals surface area contributed by atoms with Crippen molar-refractivity contribution in [3.63, 3.8) is 0 Å². The Bertz CT molecular complexity index is 585. The van der Waals surface area contributed by atoms with Gasteiger partial charge in [-0.15, -0.1) is 0 Å². The third kappa shape index (κ3) is 4.05. The highest BCUT2D eigenvalue weighted by atomic mass is 19.4. The summed E-state index contributed by atoms with van der Waals surface area (Å²) in [5, 5.41) is 16.4. The first-order chi connectivity index (χ1) is 11.1. The lowest BCUT2D eigenvalue weighted by Gasteiger charge is -2.41. The molecule has 1 spiro atoms. The molecule has 2 heterocycles. The molecular weight excluding hydrogens is 331 g/mol. The summed E-state index contributed by atoms with van der Waals surface area (Å²) in [5.74, 6) is -2.66. The quantitative estimate of drug-likeness (QED) is 0.767. The van der Waals surface area contributed by atoms with Crippen LogP contribution in [0.15, 0.2) is 12.4 Å². The number of aromatic nitrogens is 2. The van der Waals surface area contributed by atoms with Crippen molar-refractivity contribution in [1.29, 1.82) is 0 Å². The Hall–Kier alpha value is -2.10. The normalized spacial score (nSPS) is 22.5. The first-order valence-electron chi connectivity index (χ1n) is 7.37. The minimum atomic E-state index is -5.08. The van der Waals surface area contributed by atoms with E-state index in [0.717, 1.165) is 31.8 Å². The van der Waals surface area contributed by atoms with Crippen molar-refractivity contribution in [2.24, 2.45) is 11.3 Å². The molecule has 1 atom stereocenters. The van der Waals surface area contributed by atoms with Gasteiger partial charge in [0.05, 0.1) is 12.5 Å². The van der Waals surface area contributed by atoms with Crippen LogP contribution in [0.2, 0.25) is 0 Å². The van der Waals surface area contributed by atoms with Crippen molar-refractivity contribution in [3.05, 3.63) is 18.2 Å². The van der Waals surface area contributed by atoms with E-state index in [-0.39, 0.29) is 11.3 Å². The predicted octanol–water partition coefficient (Wildman–Crippen LogP) is 1.73. The molecule has 24 heavy (non-hydrogen) atoms. The van der Waals surface area contributed by atoms with E-state index in [1.165, 1.54) is 6.42 Å². The SMILES string of the molecule is O=C(O)C(F)(F)F.O=C(O)C1CN(Cc2ncc[nH]2)CC12CCC2. The number of nitrogens with one attached hydrogen (secondary N) is 1. The van der Waals surface area contributed by atoms with Crippen molar-refractivity contribution in [2.45, 2.75) is 32.0 Å². The van der Waals surface area contributed by atoms with Gasteiger partial charge in [0.15, 0.2) is 0 Å². The summed E-state index contributed by atoms with van der Waals surface area (Å²) >= 11 is 0. The van der Waals surface area contributed by atoms with Gasteiger partial charge in [-0.3, -0.25) is 9.69 Å². The van der Waals surface area contributed by atoms with Crippen LogP contribution < -0.4 is 0 Å². The summed E-state index contributed by atoms with van der Waals surface area (Å²) in [4.78, 5) is 29.7. The number of H-pyrrole nitrogens is 1. The van der Waals surface area contributed by atoms with E-state index >= 15 is 0 Å². The molecule has 2 fully saturated rings. The topological polar surface area (TPSA) is 107 Å². The van der Waals surface area contributed by atoms with E-state index in [0.29, 0.717) is 6.54 Å². The molecule has 1 aliphatic heterocycles. The first kappa shape index (κ1) is 18.2. The molecule has 0 radical (unpaired) electrons. The van der Waals surface area contributed by atoms with Gasteiger partial charge < -0.3 is 15.2 Å². The fourth-order valence-electron chi connectivity index (χ4n) is 3.27. The molecule has 1 saturated heterocycles. The molecule has 2 aliphatic rings. The van der Waals surface area contributed by atoms with Gasteiger partial charge in [-0.05, 0) is 18.3 Å². The number of aromatic amines is 1. The number of nitrogens with zero attached hydrogens (tertiary/aromatic N) is 2. The number of carboxylic acids is 2. The molecule has 7 nitrogen and oxygen atoms in total. The maximum Gasteiger partial charge on any atom is 0.490 e. The van der Waals surface area contributed by atoms with Crippen molar-refractivity contribution in [2.75, 3.05) is 13.1 Å². The smallest absolute Gasteiger partial charge is 0.481 e. The summed E-state index contributed by atoms with van der Waals surface area (Å²) in [6.07, 6.45) is 1.77. The van der Waals surface area contributed by atoms with E-state index in [4.69, 9.17) is 9.90 Å². The zero-order chi connectivity index (χ0) is 18.0. The van der Waals surface area contributed by atoms with E-state index < -0.39 is 18.1 Å². The number of rotatable bonds is 3. The molecule has 134 valence electrons. The van der Waals surface area contributed by atoms with Crippen LogP contribution in [-0.4, -0.2) is 56.3 Å². The monoisotopic (exact) mass is 349 g/mol. The second kappa shape index (κ2) is 6.80. The number of hydrogen-bond donors (Lipinski definition) is 3. The van der Waals surface area contributed by atoms with Gasteiger partial charge in [0, 0.05) is 25.5 Å². The molecule has 3 N–H and O–H groups in total.